The highest BCUT2D eigenvalue weighted by molar-refractivity contribution is 6.01. The summed E-state index contributed by atoms with van der Waals surface area (Å²) >= 11 is 0. The summed E-state index contributed by atoms with van der Waals surface area (Å²) in [6.07, 6.45) is 2.81. The molecule has 2 aliphatic rings. The lowest BCUT2D eigenvalue weighted by Gasteiger charge is -2.50. The average molecular weight is 432 g/mol. The summed E-state index contributed by atoms with van der Waals surface area (Å²) in [5.74, 6) is 0.347. The molecule has 2 aromatic heterocycles. The van der Waals surface area contributed by atoms with Gasteiger partial charge in [-0.25, -0.2) is 9.67 Å². The van der Waals surface area contributed by atoms with E-state index in [0.29, 0.717) is 48.4 Å². The summed E-state index contributed by atoms with van der Waals surface area (Å²) in [4.78, 5) is 46.6. The first-order valence-corrected chi connectivity index (χ1v) is 10.7. The van der Waals surface area contributed by atoms with Crippen molar-refractivity contribution < 1.29 is 9.59 Å². The third-order valence-electron chi connectivity index (χ3n) is 6.62. The van der Waals surface area contributed by atoms with Crippen LogP contribution in [-0.2, 0) is 11.3 Å². The van der Waals surface area contributed by atoms with Crippen molar-refractivity contribution in [1.82, 2.24) is 25.0 Å². The Kier molecular flexibility index (Phi) is 4.69. The molecule has 0 unspecified atom stereocenters. The van der Waals surface area contributed by atoms with Crippen molar-refractivity contribution in [3.8, 4) is 0 Å². The number of carbonyl (C=O) groups is 2. The lowest BCUT2D eigenvalue weighted by atomic mass is 9.91. The molecule has 9 heteroatoms. The number of rotatable bonds is 2. The first-order chi connectivity index (χ1) is 15.4. The van der Waals surface area contributed by atoms with E-state index in [0.717, 1.165) is 5.39 Å². The molecule has 3 aromatic rings. The molecule has 1 aromatic carbocycles. The number of aryl methyl sites for hydroxylation is 1. The molecule has 2 aliphatic heterocycles. The van der Waals surface area contributed by atoms with Crippen LogP contribution in [0.4, 0.5) is 5.82 Å². The highest BCUT2D eigenvalue weighted by Gasteiger charge is 2.45. The summed E-state index contributed by atoms with van der Waals surface area (Å²) in [6, 6.07) is 10.8. The quantitative estimate of drug-likeness (QED) is 0.655. The summed E-state index contributed by atoms with van der Waals surface area (Å²) in [5.41, 5.74) is 0.415. The second kappa shape index (κ2) is 7.44. The number of nitrogens with zero attached hydrogens (tertiary/aromatic N) is 5. The molecule has 1 saturated heterocycles. The minimum absolute atomic E-state index is 0.107. The number of nitrogens with one attached hydrogen (secondary N) is 1. The van der Waals surface area contributed by atoms with Crippen LogP contribution in [0.3, 0.4) is 0 Å². The topological polar surface area (TPSA) is 100 Å². The van der Waals surface area contributed by atoms with Crippen LogP contribution < -0.4 is 15.8 Å². The lowest BCUT2D eigenvalue weighted by molar-refractivity contribution is -0.133. The number of hydrogen-bond donors (Lipinski definition) is 1. The van der Waals surface area contributed by atoms with Gasteiger partial charge >= 0.3 is 0 Å². The van der Waals surface area contributed by atoms with Gasteiger partial charge in [0.1, 0.15) is 18.0 Å². The molecule has 1 spiro atoms. The maximum Gasteiger partial charge on any atom is 0.275 e. The Morgan fingerprint density at radius 3 is 2.56 bits per heavy atom. The highest BCUT2D eigenvalue weighted by atomic mass is 16.2. The zero-order chi connectivity index (χ0) is 22.5. The summed E-state index contributed by atoms with van der Waals surface area (Å²) in [5, 5.41) is 8.83. The normalized spacial score (nSPS) is 17.4. The molecule has 0 radical (unpaired) electrons. The minimum Gasteiger partial charge on any atom is -0.341 e. The number of likely N-dealkylation sites (tertiary alicyclic amines) is 1. The van der Waals surface area contributed by atoms with Gasteiger partial charge in [0.25, 0.3) is 11.5 Å². The van der Waals surface area contributed by atoms with Gasteiger partial charge in [-0.05, 0) is 25.1 Å². The fraction of sp³-hybridized carbons (Fsp3) is 0.348. The van der Waals surface area contributed by atoms with Gasteiger partial charge in [-0.2, -0.15) is 5.10 Å². The van der Waals surface area contributed by atoms with Gasteiger partial charge < -0.3 is 15.1 Å². The molecule has 5 rings (SSSR count). The van der Waals surface area contributed by atoms with E-state index in [9.17, 15) is 14.4 Å². The number of hydrogen-bond acceptors (Lipinski definition) is 6. The monoisotopic (exact) mass is 432 g/mol. The predicted molar refractivity (Wildman–Crippen MR) is 119 cm³/mol. The standard InChI is InChI=1S/C23H24N6O3/c1-15-16-6-3-4-7-17(16)22(32)29(26-15)14-19(30)28-12-9-23(10-13-28)25-21(31)18-8-5-11-24-20(18)27(23)2/h3-8,11H,9-10,12-14H2,1-2H3,(H,25,31). The van der Waals surface area contributed by atoms with Crippen LogP contribution in [0.15, 0.2) is 47.4 Å². The first kappa shape index (κ1) is 20.2. The maximum absolute atomic E-state index is 13.0. The summed E-state index contributed by atoms with van der Waals surface area (Å²) in [6.45, 7) is 2.66. The molecule has 9 nitrogen and oxygen atoms in total. The lowest BCUT2D eigenvalue weighted by Crippen LogP contribution is -2.67. The van der Waals surface area contributed by atoms with Crippen LogP contribution >= 0.6 is 0 Å². The third-order valence-corrected chi connectivity index (χ3v) is 6.62. The molecule has 2 amide bonds. The van der Waals surface area contributed by atoms with Gasteiger partial charge in [0.2, 0.25) is 5.91 Å². The van der Waals surface area contributed by atoms with Gasteiger partial charge in [-0.3, -0.25) is 14.4 Å². The molecular weight excluding hydrogens is 408 g/mol. The van der Waals surface area contributed by atoms with E-state index >= 15 is 0 Å². The van der Waals surface area contributed by atoms with Crippen LogP contribution in [0.1, 0.15) is 28.9 Å². The van der Waals surface area contributed by atoms with Crippen molar-refractivity contribution >= 4 is 28.4 Å². The Labute approximate surface area is 184 Å². The number of aromatic nitrogens is 3. The molecule has 0 atom stereocenters. The van der Waals surface area contributed by atoms with Gasteiger partial charge in [-0.1, -0.05) is 18.2 Å². The Balaban J connectivity index is 1.33. The summed E-state index contributed by atoms with van der Waals surface area (Å²) < 4.78 is 1.25. The molecule has 1 fully saturated rings. The number of benzene rings is 1. The van der Waals surface area contributed by atoms with Crippen LogP contribution in [0.5, 0.6) is 0 Å². The number of anilines is 1. The maximum atomic E-state index is 13.0. The molecule has 32 heavy (non-hydrogen) atoms. The summed E-state index contributed by atoms with van der Waals surface area (Å²) in [7, 11) is 1.92. The van der Waals surface area contributed by atoms with Crippen molar-refractivity contribution in [2.45, 2.75) is 32.0 Å². The molecule has 1 N–H and O–H groups in total. The highest BCUT2D eigenvalue weighted by Crippen LogP contribution is 2.34. The van der Waals surface area contributed by atoms with E-state index in [1.165, 1.54) is 4.68 Å². The average Bonchev–Trinajstić information content (AvgIpc) is 2.81. The largest absolute Gasteiger partial charge is 0.341 e. The molecule has 0 aliphatic carbocycles. The van der Waals surface area contributed by atoms with Crippen molar-refractivity contribution in [2.75, 3.05) is 25.0 Å². The van der Waals surface area contributed by atoms with E-state index < -0.39 is 5.66 Å². The number of piperidine rings is 1. The Hall–Kier alpha value is -3.75. The number of fused-ring (bicyclic) bond motifs is 2. The molecular formula is C23H24N6O3. The van der Waals surface area contributed by atoms with Crippen molar-refractivity contribution in [3.05, 3.63) is 64.2 Å². The van der Waals surface area contributed by atoms with Gasteiger partial charge in [0.05, 0.1) is 16.6 Å². The number of carbonyl (C=O) groups excluding carboxylic acids is 2. The molecule has 0 bridgehead atoms. The number of pyridine rings is 1. The predicted octanol–water partition coefficient (Wildman–Crippen LogP) is 1.30. The van der Waals surface area contributed by atoms with Gasteiger partial charge in [0, 0.05) is 44.6 Å². The third kappa shape index (κ3) is 3.12. The van der Waals surface area contributed by atoms with Crippen LogP contribution in [-0.4, -0.2) is 57.3 Å². The Morgan fingerprint density at radius 2 is 1.81 bits per heavy atom. The zero-order valence-corrected chi connectivity index (χ0v) is 18.0. The van der Waals surface area contributed by atoms with Crippen LogP contribution in [0, 0.1) is 6.92 Å². The SMILES string of the molecule is Cc1nn(CC(=O)N2CCC3(CC2)NC(=O)c2cccnc2N3C)c(=O)c2ccccc12. The first-order valence-electron chi connectivity index (χ1n) is 10.7. The van der Waals surface area contributed by atoms with Gasteiger partial charge in [-0.15, -0.1) is 0 Å². The van der Waals surface area contributed by atoms with Crippen molar-refractivity contribution in [3.63, 3.8) is 0 Å². The fourth-order valence-electron chi connectivity index (χ4n) is 4.73. The van der Waals surface area contributed by atoms with Crippen molar-refractivity contribution in [2.24, 2.45) is 0 Å². The second-order valence-electron chi connectivity index (χ2n) is 8.39. The van der Waals surface area contributed by atoms with E-state index in [-0.39, 0.29) is 23.9 Å². The van der Waals surface area contributed by atoms with Crippen LogP contribution in [0.2, 0.25) is 0 Å². The van der Waals surface area contributed by atoms with E-state index in [2.05, 4.69) is 15.4 Å². The van der Waals surface area contributed by atoms with Gasteiger partial charge in [0.15, 0.2) is 0 Å². The fourth-order valence-corrected chi connectivity index (χ4v) is 4.73. The second-order valence-corrected chi connectivity index (χ2v) is 8.39. The smallest absolute Gasteiger partial charge is 0.275 e. The molecule has 0 saturated carbocycles. The molecule has 4 heterocycles. The van der Waals surface area contributed by atoms with E-state index in [4.69, 9.17) is 0 Å². The van der Waals surface area contributed by atoms with Crippen molar-refractivity contribution in [1.29, 1.82) is 0 Å². The minimum atomic E-state index is -0.580. The Morgan fingerprint density at radius 1 is 1.09 bits per heavy atom. The van der Waals surface area contributed by atoms with E-state index in [1.807, 2.05) is 31.0 Å². The Bertz CT molecular complexity index is 1290. The van der Waals surface area contributed by atoms with Crippen LogP contribution in [0.25, 0.3) is 10.8 Å². The zero-order valence-electron chi connectivity index (χ0n) is 18.0. The molecule has 164 valence electrons. The van der Waals surface area contributed by atoms with E-state index in [1.54, 1.807) is 35.4 Å². The number of amides is 2.